The molecule has 0 saturated heterocycles. The summed E-state index contributed by atoms with van der Waals surface area (Å²) in [5, 5.41) is 4.47. The van der Waals surface area contributed by atoms with Crippen LogP contribution in [0.25, 0.3) is 11.3 Å². The Morgan fingerprint density at radius 3 is 2.64 bits per heavy atom. The van der Waals surface area contributed by atoms with Crippen LogP contribution in [0.15, 0.2) is 59.9 Å². The molecule has 7 heteroatoms. The van der Waals surface area contributed by atoms with Gasteiger partial charge in [-0.15, -0.1) is 0 Å². The molecule has 2 N–H and O–H groups in total. The van der Waals surface area contributed by atoms with Gasteiger partial charge in [0.1, 0.15) is 0 Å². The number of carbonyl (C=O) groups excluding carboxylic acids is 1. The van der Waals surface area contributed by atoms with Crippen LogP contribution >= 0.6 is 35.0 Å². The largest absolute Gasteiger partial charge is 0.333 e. The second-order valence-electron chi connectivity index (χ2n) is 5.37. The van der Waals surface area contributed by atoms with Crippen molar-refractivity contribution in [2.24, 2.45) is 0 Å². The van der Waals surface area contributed by atoms with Gasteiger partial charge in [-0.1, -0.05) is 53.2 Å². The molecule has 1 aromatic heterocycles. The van der Waals surface area contributed by atoms with Crippen LogP contribution < -0.4 is 5.32 Å². The summed E-state index contributed by atoms with van der Waals surface area (Å²) in [5.74, 6) is -0.114. The van der Waals surface area contributed by atoms with Crippen LogP contribution in [-0.4, -0.2) is 21.1 Å². The molecule has 3 aromatic rings. The lowest BCUT2D eigenvalue weighted by Gasteiger charge is -2.10. The maximum atomic E-state index is 12.3. The lowest BCUT2D eigenvalue weighted by molar-refractivity contribution is -0.115. The summed E-state index contributed by atoms with van der Waals surface area (Å²) in [6.45, 7) is 1.83. The van der Waals surface area contributed by atoms with E-state index in [1.165, 1.54) is 11.8 Å². The SMILES string of the molecule is C[C@H](Sc1ncc(-c2ccc(Cl)cc2)[nH]1)C(=O)Nc1cccc(Cl)c1. The molecule has 1 amide bonds. The number of benzene rings is 2. The Balaban J connectivity index is 1.63. The minimum absolute atomic E-state index is 0.114. The molecular weight excluding hydrogens is 377 g/mol. The molecule has 0 saturated carbocycles. The average Bonchev–Trinajstić information content (AvgIpc) is 3.04. The molecule has 0 radical (unpaired) electrons. The molecule has 0 aliphatic rings. The molecule has 128 valence electrons. The van der Waals surface area contributed by atoms with Crippen molar-refractivity contribution in [3.8, 4) is 11.3 Å². The van der Waals surface area contributed by atoms with Crippen molar-refractivity contribution < 1.29 is 4.79 Å². The van der Waals surface area contributed by atoms with Gasteiger partial charge in [0.2, 0.25) is 5.91 Å². The summed E-state index contributed by atoms with van der Waals surface area (Å²) < 4.78 is 0. The topological polar surface area (TPSA) is 57.8 Å². The van der Waals surface area contributed by atoms with Crippen LogP contribution in [0.4, 0.5) is 5.69 Å². The van der Waals surface area contributed by atoms with Crippen molar-refractivity contribution in [3.63, 3.8) is 0 Å². The molecule has 1 atom stereocenters. The van der Waals surface area contributed by atoms with E-state index in [-0.39, 0.29) is 11.2 Å². The second kappa shape index (κ2) is 7.95. The smallest absolute Gasteiger partial charge is 0.237 e. The number of carbonyl (C=O) groups is 1. The fraction of sp³-hybridized carbons (Fsp3) is 0.111. The predicted octanol–water partition coefficient (Wildman–Crippen LogP) is 5.50. The first-order chi connectivity index (χ1) is 12.0. The number of halogens is 2. The number of H-pyrrole nitrogens is 1. The fourth-order valence-corrected chi connectivity index (χ4v) is 3.27. The third-order valence-electron chi connectivity index (χ3n) is 3.46. The van der Waals surface area contributed by atoms with E-state index in [4.69, 9.17) is 23.2 Å². The zero-order valence-corrected chi connectivity index (χ0v) is 15.6. The number of thioether (sulfide) groups is 1. The number of aromatic amines is 1. The molecule has 0 fully saturated rings. The van der Waals surface area contributed by atoms with E-state index >= 15 is 0 Å². The van der Waals surface area contributed by atoms with E-state index in [0.29, 0.717) is 20.9 Å². The van der Waals surface area contributed by atoms with Crippen LogP contribution in [0.5, 0.6) is 0 Å². The summed E-state index contributed by atoms with van der Waals surface area (Å²) >= 11 is 13.2. The lowest BCUT2D eigenvalue weighted by Crippen LogP contribution is -2.22. The highest BCUT2D eigenvalue weighted by atomic mass is 35.5. The molecule has 4 nitrogen and oxygen atoms in total. The van der Waals surface area contributed by atoms with E-state index in [9.17, 15) is 4.79 Å². The predicted molar refractivity (Wildman–Crippen MR) is 104 cm³/mol. The summed E-state index contributed by atoms with van der Waals surface area (Å²) in [6, 6.07) is 14.5. The lowest BCUT2D eigenvalue weighted by atomic mass is 10.2. The number of hydrogen-bond donors (Lipinski definition) is 2. The Morgan fingerprint density at radius 2 is 1.92 bits per heavy atom. The van der Waals surface area contributed by atoms with E-state index in [2.05, 4.69) is 15.3 Å². The van der Waals surface area contributed by atoms with Gasteiger partial charge < -0.3 is 10.3 Å². The number of anilines is 1. The van der Waals surface area contributed by atoms with E-state index in [0.717, 1.165) is 11.3 Å². The van der Waals surface area contributed by atoms with Crippen LogP contribution in [0.1, 0.15) is 6.92 Å². The second-order valence-corrected chi connectivity index (χ2v) is 7.57. The van der Waals surface area contributed by atoms with E-state index in [1.807, 2.05) is 31.2 Å². The number of rotatable bonds is 5. The van der Waals surface area contributed by atoms with Gasteiger partial charge in [-0.3, -0.25) is 4.79 Å². The van der Waals surface area contributed by atoms with Crippen molar-refractivity contribution >= 4 is 46.6 Å². The van der Waals surface area contributed by atoms with Crippen LogP contribution in [0, 0.1) is 0 Å². The first-order valence-electron chi connectivity index (χ1n) is 7.55. The number of aromatic nitrogens is 2. The Kier molecular flexibility index (Phi) is 5.68. The van der Waals surface area contributed by atoms with Crippen LogP contribution in [0.3, 0.4) is 0 Å². The van der Waals surface area contributed by atoms with Crippen molar-refractivity contribution in [2.75, 3.05) is 5.32 Å². The Morgan fingerprint density at radius 1 is 1.16 bits per heavy atom. The molecule has 1 heterocycles. The normalized spacial score (nSPS) is 12.0. The van der Waals surface area contributed by atoms with Crippen LogP contribution in [0.2, 0.25) is 10.0 Å². The minimum atomic E-state index is -0.316. The summed E-state index contributed by atoms with van der Waals surface area (Å²) in [6.07, 6.45) is 1.74. The third kappa shape index (κ3) is 4.78. The van der Waals surface area contributed by atoms with Gasteiger partial charge in [-0.25, -0.2) is 4.98 Å². The highest BCUT2D eigenvalue weighted by molar-refractivity contribution is 8.00. The molecule has 2 aromatic carbocycles. The molecule has 0 aliphatic heterocycles. The van der Waals surface area contributed by atoms with Crippen molar-refractivity contribution in [1.29, 1.82) is 0 Å². The van der Waals surface area contributed by atoms with Gasteiger partial charge in [-0.2, -0.15) is 0 Å². The van der Waals surface area contributed by atoms with Crippen molar-refractivity contribution in [1.82, 2.24) is 9.97 Å². The number of hydrogen-bond acceptors (Lipinski definition) is 3. The Labute approximate surface area is 160 Å². The van der Waals surface area contributed by atoms with E-state index in [1.54, 1.807) is 30.5 Å². The zero-order chi connectivity index (χ0) is 17.8. The van der Waals surface area contributed by atoms with Crippen molar-refractivity contribution in [3.05, 3.63) is 64.8 Å². The van der Waals surface area contributed by atoms with Gasteiger partial charge in [0.05, 0.1) is 17.1 Å². The summed E-state index contributed by atoms with van der Waals surface area (Å²) in [4.78, 5) is 19.9. The maximum absolute atomic E-state index is 12.3. The molecule has 3 rings (SSSR count). The Bertz CT molecular complexity index is 880. The molecule has 25 heavy (non-hydrogen) atoms. The maximum Gasteiger partial charge on any atom is 0.237 e. The summed E-state index contributed by atoms with van der Waals surface area (Å²) in [7, 11) is 0. The highest BCUT2D eigenvalue weighted by Gasteiger charge is 2.16. The van der Waals surface area contributed by atoms with Crippen LogP contribution in [-0.2, 0) is 4.79 Å². The standard InChI is InChI=1S/C18H15Cl2N3OS/c1-11(17(24)22-15-4-2-3-14(20)9-15)25-18-21-10-16(23-18)12-5-7-13(19)8-6-12/h2-11H,1H3,(H,21,23)(H,22,24)/t11-/m0/s1. The molecule has 0 bridgehead atoms. The summed E-state index contributed by atoms with van der Waals surface area (Å²) in [5.41, 5.74) is 2.53. The Hall–Kier alpha value is -1.95. The monoisotopic (exact) mass is 391 g/mol. The first-order valence-corrected chi connectivity index (χ1v) is 9.19. The molecule has 0 spiro atoms. The number of amides is 1. The zero-order valence-electron chi connectivity index (χ0n) is 13.3. The number of nitrogens with one attached hydrogen (secondary N) is 2. The van der Waals surface area contributed by atoms with E-state index < -0.39 is 0 Å². The number of nitrogens with zero attached hydrogens (tertiary/aromatic N) is 1. The van der Waals surface area contributed by atoms with Gasteiger partial charge in [0, 0.05) is 15.7 Å². The van der Waals surface area contributed by atoms with Gasteiger partial charge in [0.25, 0.3) is 0 Å². The molecule has 0 aliphatic carbocycles. The molecule has 0 unspecified atom stereocenters. The van der Waals surface area contributed by atoms with Gasteiger partial charge in [0.15, 0.2) is 5.16 Å². The van der Waals surface area contributed by atoms with Crippen molar-refractivity contribution in [2.45, 2.75) is 17.3 Å². The average molecular weight is 392 g/mol. The quantitative estimate of drug-likeness (QED) is 0.564. The molecular formula is C18H15Cl2N3OS. The number of imidazole rings is 1. The third-order valence-corrected chi connectivity index (χ3v) is 4.94. The van der Waals surface area contributed by atoms with Gasteiger partial charge >= 0.3 is 0 Å². The minimum Gasteiger partial charge on any atom is -0.333 e. The highest BCUT2D eigenvalue weighted by Crippen LogP contribution is 2.26. The van der Waals surface area contributed by atoms with Gasteiger partial charge in [-0.05, 0) is 42.8 Å². The fourth-order valence-electron chi connectivity index (χ4n) is 2.17. The first kappa shape index (κ1) is 17.9.